The summed E-state index contributed by atoms with van der Waals surface area (Å²) < 4.78 is 0. The van der Waals surface area contributed by atoms with Crippen LogP contribution in [0.4, 0.5) is 0 Å². The van der Waals surface area contributed by atoms with Gasteiger partial charge >= 0.3 is 0 Å². The van der Waals surface area contributed by atoms with E-state index in [1.165, 1.54) is 5.56 Å². The maximum Gasteiger partial charge on any atom is 0.115 e. The molecular weight excluding hydrogens is 174 g/mol. The van der Waals surface area contributed by atoms with Gasteiger partial charge in [-0.05, 0) is 44.1 Å². The second-order valence-corrected chi connectivity index (χ2v) is 4.24. The van der Waals surface area contributed by atoms with Gasteiger partial charge in [-0.1, -0.05) is 19.1 Å². The highest BCUT2D eigenvalue weighted by molar-refractivity contribution is 5.27. The molecule has 0 heterocycles. The van der Waals surface area contributed by atoms with E-state index in [4.69, 9.17) is 0 Å². The third-order valence-electron chi connectivity index (χ3n) is 2.17. The largest absolute Gasteiger partial charge is 0.508 e. The van der Waals surface area contributed by atoms with E-state index >= 15 is 0 Å². The van der Waals surface area contributed by atoms with E-state index in [-0.39, 0.29) is 0 Å². The number of aromatic hydroxyl groups is 1. The fourth-order valence-corrected chi connectivity index (χ4v) is 1.77. The normalized spacial score (nSPS) is 13.1. The van der Waals surface area contributed by atoms with Crippen molar-refractivity contribution in [3.05, 3.63) is 29.8 Å². The van der Waals surface area contributed by atoms with Gasteiger partial charge in [-0.25, -0.2) is 0 Å². The van der Waals surface area contributed by atoms with Crippen LogP contribution in [0.1, 0.15) is 12.5 Å². The van der Waals surface area contributed by atoms with Gasteiger partial charge in [-0.15, -0.1) is 0 Å². The molecule has 0 radical (unpaired) electrons. The minimum atomic E-state index is 0.361. The molecule has 0 spiro atoms. The predicted octanol–water partition coefficient (Wildman–Crippen LogP) is 2.13. The molecule has 1 aromatic carbocycles. The van der Waals surface area contributed by atoms with E-state index in [0.717, 1.165) is 13.0 Å². The number of rotatable bonds is 4. The van der Waals surface area contributed by atoms with Crippen molar-refractivity contribution in [3.63, 3.8) is 0 Å². The molecular formula is C12H19NO. The summed E-state index contributed by atoms with van der Waals surface area (Å²) in [4.78, 5) is 2.19. The fraction of sp³-hybridized carbons (Fsp3) is 0.500. The molecule has 1 N–H and O–H groups in total. The van der Waals surface area contributed by atoms with Crippen LogP contribution in [-0.2, 0) is 6.42 Å². The first-order valence-corrected chi connectivity index (χ1v) is 5.00. The number of benzene rings is 1. The highest BCUT2D eigenvalue weighted by atomic mass is 16.3. The average Bonchev–Trinajstić information content (AvgIpc) is 2.01. The van der Waals surface area contributed by atoms with Crippen molar-refractivity contribution in [2.45, 2.75) is 13.3 Å². The van der Waals surface area contributed by atoms with E-state index in [1.54, 1.807) is 6.07 Å². The first-order chi connectivity index (χ1) is 6.58. The maximum absolute atomic E-state index is 9.30. The van der Waals surface area contributed by atoms with E-state index in [2.05, 4.69) is 32.0 Å². The Morgan fingerprint density at radius 2 is 2.07 bits per heavy atom. The van der Waals surface area contributed by atoms with E-state index in [9.17, 15) is 5.11 Å². The molecule has 78 valence electrons. The lowest BCUT2D eigenvalue weighted by atomic mass is 10.0. The summed E-state index contributed by atoms with van der Waals surface area (Å²) in [6.45, 7) is 3.31. The Labute approximate surface area is 86.2 Å². The Bertz CT molecular complexity index is 283. The van der Waals surface area contributed by atoms with Crippen LogP contribution in [0.25, 0.3) is 0 Å². The van der Waals surface area contributed by atoms with Gasteiger partial charge in [0.05, 0.1) is 0 Å². The summed E-state index contributed by atoms with van der Waals surface area (Å²) in [7, 11) is 4.16. The van der Waals surface area contributed by atoms with Crippen molar-refractivity contribution in [3.8, 4) is 5.75 Å². The molecule has 14 heavy (non-hydrogen) atoms. The summed E-state index contributed by atoms with van der Waals surface area (Å²) in [5.74, 6) is 0.978. The zero-order valence-electron chi connectivity index (χ0n) is 9.20. The second kappa shape index (κ2) is 5.01. The molecule has 0 bridgehead atoms. The van der Waals surface area contributed by atoms with Gasteiger partial charge in [0.2, 0.25) is 0 Å². The lowest BCUT2D eigenvalue weighted by molar-refractivity contribution is 0.338. The molecule has 0 aliphatic carbocycles. The Morgan fingerprint density at radius 3 is 2.64 bits per heavy atom. The van der Waals surface area contributed by atoms with Crippen molar-refractivity contribution in [2.75, 3.05) is 20.6 Å². The molecule has 2 nitrogen and oxygen atoms in total. The lowest BCUT2D eigenvalue weighted by Gasteiger charge is -2.16. The maximum atomic E-state index is 9.30. The molecule has 1 aromatic rings. The van der Waals surface area contributed by atoms with Crippen molar-refractivity contribution in [2.24, 2.45) is 5.92 Å². The van der Waals surface area contributed by atoms with Crippen LogP contribution in [0.3, 0.4) is 0 Å². The molecule has 1 unspecified atom stereocenters. The fourth-order valence-electron chi connectivity index (χ4n) is 1.77. The van der Waals surface area contributed by atoms with Crippen LogP contribution >= 0.6 is 0 Å². The number of hydrogen-bond acceptors (Lipinski definition) is 2. The van der Waals surface area contributed by atoms with Gasteiger partial charge < -0.3 is 10.0 Å². The molecule has 1 atom stereocenters. The number of phenols is 1. The Morgan fingerprint density at radius 1 is 1.36 bits per heavy atom. The quantitative estimate of drug-likeness (QED) is 0.792. The van der Waals surface area contributed by atoms with Crippen LogP contribution < -0.4 is 0 Å². The number of phenolic OH excluding ortho intramolecular Hbond substituents is 1. The summed E-state index contributed by atoms with van der Waals surface area (Å²) in [6, 6.07) is 7.51. The van der Waals surface area contributed by atoms with Gasteiger partial charge in [0.25, 0.3) is 0 Å². The first-order valence-electron chi connectivity index (χ1n) is 5.00. The molecule has 2 heteroatoms. The van der Waals surface area contributed by atoms with Crippen LogP contribution in [0, 0.1) is 5.92 Å². The summed E-state index contributed by atoms with van der Waals surface area (Å²) in [6.07, 6.45) is 1.02. The highest BCUT2D eigenvalue weighted by Crippen LogP contribution is 2.14. The van der Waals surface area contributed by atoms with E-state index < -0.39 is 0 Å². The smallest absolute Gasteiger partial charge is 0.115 e. The SMILES string of the molecule is CC(Cc1cccc(O)c1)CN(C)C. The molecule has 0 amide bonds. The average molecular weight is 193 g/mol. The lowest BCUT2D eigenvalue weighted by Crippen LogP contribution is -2.21. The standard InChI is InChI=1S/C12H19NO/c1-10(9-13(2)3)7-11-5-4-6-12(14)8-11/h4-6,8,10,14H,7,9H2,1-3H3. The molecule has 1 rings (SSSR count). The van der Waals surface area contributed by atoms with E-state index in [0.29, 0.717) is 11.7 Å². The van der Waals surface area contributed by atoms with Gasteiger partial charge in [0.15, 0.2) is 0 Å². The van der Waals surface area contributed by atoms with Crippen LogP contribution in [-0.4, -0.2) is 30.6 Å². The van der Waals surface area contributed by atoms with Gasteiger partial charge in [-0.2, -0.15) is 0 Å². The van der Waals surface area contributed by atoms with Gasteiger partial charge in [-0.3, -0.25) is 0 Å². The van der Waals surface area contributed by atoms with Crippen LogP contribution in [0.2, 0.25) is 0 Å². The van der Waals surface area contributed by atoms with Gasteiger partial charge in [0, 0.05) is 6.54 Å². The molecule has 0 fully saturated rings. The monoisotopic (exact) mass is 193 g/mol. The van der Waals surface area contributed by atoms with Crippen molar-refractivity contribution < 1.29 is 5.11 Å². The minimum absolute atomic E-state index is 0.361. The van der Waals surface area contributed by atoms with Crippen LogP contribution in [0.15, 0.2) is 24.3 Å². The third-order valence-corrected chi connectivity index (χ3v) is 2.17. The Kier molecular flexibility index (Phi) is 3.96. The molecule has 0 saturated carbocycles. The zero-order chi connectivity index (χ0) is 10.6. The van der Waals surface area contributed by atoms with Crippen LogP contribution in [0.5, 0.6) is 5.75 Å². The Balaban J connectivity index is 2.51. The third kappa shape index (κ3) is 3.79. The van der Waals surface area contributed by atoms with E-state index in [1.807, 2.05) is 12.1 Å². The Hall–Kier alpha value is -1.02. The summed E-state index contributed by atoms with van der Waals surface area (Å²) in [5, 5.41) is 9.30. The first kappa shape index (κ1) is 11.1. The molecule has 0 aromatic heterocycles. The van der Waals surface area contributed by atoms with Crippen molar-refractivity contribution in [1.29, 1.82) is 0 Å². The van der Waals surface area contributed by atoms with Gasteiger partial charge in [0.1, 0.15) is 5.75 Å². The summed E-state index contributed by atoms with van der Waals surface area (Å²) in [5.41, 5.74) is 1.21. The molecule has 0 saturated heterocycles. The molecule has 0 aliphatic heterocycles. The highest BCUT2D eigenvalue weighted by Gasteiger charge is 2.05. The van der Waals surface area contributed by atoms with Crippen molar-refractivity contribution >= 4 is 0 Å². The zero-order valence-corrected chi connectivity index (χ0v) is 9.20. The predicted molar refractivity (Wildman–Crippen MR) is 59.5 cm³/mol. The summed E-state index contributed by atoms with van der Waals surface area (Å²) >= 11 is 0. The topological polar surface area (TPSA) is 23.5 Å². The minimum Gasteiger partial charge on any atom is -0.508 e. The number of nitrogens with zero attached hydrogens (tertiary/aromatic N) is 1. The molecule has 0 aliphatic rings. The van der Waals surface area contributed by atoms with Crippen molar-refractivity contribution in [1.82, 2.24) is 4.90 Å². The number of hydrogen-bond donors (Lipinski definition) is 1. The second-order valence-electron chi connectivity index (χ2n) is 4.24.